The molecular formula is C11H25N3O3S. The minimum Gasteiger partial charge on any atom is -0.356 e. The van der Waals surface area contributed by atoms with E-state index in [1.54, 1.807) is 6.92 Å². The van der Waals surface area contributed by atoms with Gasteiger partial charge in [0.2, 0.25) is 15.9 Å². The lowest BCUT2D eigenvalue weighted by atomic mass is 10.3. The van der Waals surface area contributed by atoms with Crippen LogP contribution in [0.1, 0.15) is 26.7 Å². The van der Waals surface area contributed by atoms with Crippen LogP contribution in [-0.2, 0) is 14.8 Å². The van der Waals surface area contributed by atoms with E-state index in [1.165, 1.54) is 10.6 Å². The fourth-order valence-electron chi connectivity index (χ4n) is 1.51. The summed E-state index contributed by atoms with van der Waals surface area (Å²) in [6.07, 6.45) is 2.29. The van der Waals surface area contributed by atoms with Gasteiger partial charge in [-0.2, -0.15) is 0 Å². The Morgan fingerprint density at radius 2 is 1.89 bits per heavy atom. The van der Waals surface area contributed by atoms with E-state index in [2.05, 4.69) is 10.6 Å². The Labute approximate surface area is 110 Å². The molecule has 0 aromatic carbocycles. The van der Waals surface area contributed by atoms with Crippen LogP contribution in [0.3, 0.4) is 0 Å². The maximum Gasteiger partial charge on any atom is 0.221 e. The molecule has 0 heterocycles. The van der Waals surface area contributed by atoms with Gasteiger partial charge in [0, 0.05) is 32.6 Å². The highest BCUT2D eigenvalue weighted by Crippen LogP contribution is 1.98. The summed E-state index contributed by atoms with van der Waals surface area (Å²) in [6, 6.07) is 0. The van der Waals surface area contributed by atoms with Crippen LogP contribution in [0.25, 0.3) is 0 Å². The normalized spacial score (nSPS) is 11.8. The molecule has 0 fully saturated rings. The smallest absolute Gasteiger partial charge is 0.221 e. The highest BCUT2D eigenvalue weighted by molar-refractivity contribution is 7.88. The highest BCUT2D eigenvalue weighted by atomic mass is 32.2. The Morgan fingerprint density at radius 3 is 2.39 bits per heavy atom. The highest BCUT2D eigenvalue weighted by Gasteiger charge is 2.13. The fraction of sp³-hybridized carbons (Fsp3) is 0.909. The van der Waals surface area contributed by atoms with E-state index in [0.717, 1.165) is 6.54 Å². The third-order valence-corrected chi connectivity index (χ3v) is 3.89. The van der Waals surface area contributed by atoms with Crippen LogP contribution in [0, 0.1) is 0 Å². The molecule has 0 bridgehead atoms. The molecule has 1 amide bonds. The number of hydrogen-bond acceptors (Lipinski definition) is 4. The number of nitrogens with zero attached hydrogens (tertiary/aromatic N) is 1. The zero-order valence-corrected chi connectivity index (χ0v) is 12.3. The Hall–Kier alpha value is -0.660. The van der Waals surface area contributed by atoms with Gasteiger partial charge in [-0.25, -0.2) is 12.7 Å². The van der Waals surface area contributed by atoms with Crippen LogP contribution in [0.2, 0.25) is 0 Å². The van der Waals surface area contributed by atoms with Crippen LogP contribution in [0.15, 0.2) is 0 Å². The first kappa shape index (κ1) is 17.3. The Balaban J connectivity index is 3.69. The average Bonchev–Trinajstić information content (AvgIpc) is 2.27. The molecule has 0 rings (SSSR count). The van der Waals surface area contributed by atoms with Gasteiger partial charge in [-0.3, -0.25) is 4.79 Å². The van der Waals surface area contributed by atoms with E-state index in [-0.39, 0.29) is 5.91 Å². The first-order chi connectivity index (χ1) is 8.41. The van der Waals surface area contributed by atoms with Crippen molar-refractivity contribution in [2.75, 3.05) is 39.0 Å². The van der Waals surface area contributed by atoms with Gasteiger partial charge in [0.05, 0.1) is 6.26 Å². The van der Waals surface area contributed by atoms with Gasteiger partial charge in [0.25, 0.3) is 0 Å². The number of nitrogens with one attached hydrogen (secondary N) is 2. The van der Waals surface area contributed by atoms with E-state index in [4.69, 9.17) is 0 Å². The van der Waals surface area contributed by atoms with E-state index in [9.17, 15) is 13.2 Å². The quantitative estimate of drug-likeness (QED) is 0.542. The van der Waals surface area contributed by atoms with Crippen molar-refractivity contribution >= 4 is 15.9 Å². The molecule has 0 aliphatic carbocycles. The summed E-state index contributed by atoms with van der Waals surface area (Å²) in [6.45, 7) is 6.74. The number of rotatable bonds is 10. The van der Waals surface area contributed by atoms with Gasteiger partial charge in [-0.1, -0.05) is 13.8 Å². The number of carbonyl (C=O) groups is 1. The average molecular weight is 279 g/mol. The molecular weight excluding hydrogens is 254 g/mol. The second-order valence-electron chi connectivity index (χ2n) is 4.06. The van der Waals surface area contributed by atoms with E-state index < -0.39 is 10.0 Å². The molecule has 7 heteroatoms. The van der Waals surface area contributed by atoms with Gasteiger partial charge in [-0.15, -0.1) is 0 Å². The van der Waals surface area contributed by atoms with Gasteiger partial charge in [0.1, 0.15) is 0 Å². The predicted octanol–water partition coefficient (Wildman–Crippen LogP) is -0.226. The van der Waals surface area contributed by atoms with Crippen LogP contribution < -0.4 is 10.6 Å². The van der Waals surface area contributed by atoms with Gasteiger partial charge >= 0.3 is 0 Å². The SMILES string of the molecule is CCNCCC(=O)NCCCN(CC)S(C)(=O)=O. The summed E-state index contributed by atoms with van der Waals surface area (Å²) in [5.74, 6) is -0.00152. The van der Waals surface area contributed by atoms with Crippen molar-refractivity contribution in [3.8, 4) is 0 Å². The zero-order chi connectivity index (χ0) is 14.0. The molecule has 0 aromatic rings. The second kappa shape index (κ2) is 9.29. The maximum atomic E-state index is 11.3. The molecule has 2 N–H and O–H groups in total. The molecule has 0 radical (unpaired) electrons. The van der Waals surface area contributed by atoms with E-state index in [0.29, 0.717) is 39.0 Å². The first-order valence-electron chi connectivity index (χ1n) is 6.34. The summed E-state index contributed by atoms with van der Waals surface area (Å²) in [5, 5.41) is 5.84. The molecule has 108 valence electrons. The van der Waals surface area contributed by atoms with Crippen molar-refractivity contribution in [2.24, 2.45) is 0 Å². The number of carbonyl (C=O) groups excluding carboxylic acids is 1. The van der Waals surface area contributed by atoms with Crippen LogP contribution >= 0.6 is 0 Å². The molecule has 18 heavy (non-hydrogen) atoms. The third kappa shape index (κ3) is 8.43. The summed E-state index contributed by atoms with van der Waals surface area (Å²) in [4.78, 5) is 11.3. The maximum absolute atomic E-state index is 11.3. The van der Waals surface area contributed by atoms with Crippen molar-refractivity contribution in [2.45, 2.75) is 26.7 Å². The monoisotopic (exact) mass is 279 g/mol. The second-order valence-corrected chi connectivity index (χ2v) is 6.04. The molecule has 0 atom stereocenters. The lowest BCUT2D eigenvalue weighted by molar-refractivity contribution is -0.120. The predicted molar refractivity (Wildman–Crippen MR) is 72.9 cm³/mol. The van der Waals surface area contributed by atoms with Gasteiger partial charge < -0.3 is 10.6 Å². The molecule has 0 aliphatic heterocycles. The molecule has 0 saturated heterocycles. The lowest BCUT2D eigenvalue weighted by Crippen LogP contribution is -2.34. The van der Waals surface area contributed by atoms with Crippen molar-refractivity contribution in [1.82, 2.24) is 14.9 Å². The Kier molecular flexibility index (Phi) is 8.95. The molecule has 0 unspecified atom stereocenters. The summed E-state index contributed by atoms with van der Waals surface area (Å²) >= 11 is 0. The topological polar surface area (TPSA) is 78.5 Å². The van der Waals surface area contributed by atoms with Crippen molar-refractivity contribution in [1.29, 1.82) is 0 Å². The van der Waals surface area contributed by atoms with Crippen LogP contribution in [0.4, 0.5) is 0 Å². The molecule has 6 nitrogen and oxygen atoms in total. The Morgan fingerprint density at radius 1 is 1.22 bits per heavy atom. The molecule has 0 spiro atoms. The first-order valence-corrected chi connectivity index (χ1v) is 8.19. The molecule has 0 saturated carbocycles. The van der Waals surface area contributed by atoms with Crippen LogP contribution in [0.5, 0.6) is 0 Å². The van der Waals surface area contributed by atoms with Crippen LogP contribution in [-0.4, -0.2) is 57.6 Å². The van der Waals surface area contributed by atoms with Gasteiger partial charge in [0.15, 0.2) is 0 Å². The minimum absolute atomic E-state index is 0.00152. The molecule has 0 aromatic heterocycles. The lowest BCUT2D eigenvalue weighted by Gasteiger charge is -2.17. The fourth-order valence-corrected chi connectivity index (χ4v) is 2.44. The number of hydrogen-bond donors (Lipinski definition) is 2. The van der Waals surface area contributed by atoms with Crippen molar-refractivity contribution in [3.63, 3.8) is 0 Å². The minimum atomic E-state index is -3.12. The van der Waals surface area contributed by atoms with Gasteiger partial charge in [-0.05, 0) is 13.0 Å². The number of amides is 1. The van der Waals surface area contributed by atoms with Crippen molar-refractivity contribution in [3.05, 3.63) is 0 Å². The standard InChI is InChI=1S/C11H25N3O3S/c1-4-12-9-7-11(15)13-8-6-10-14(5-2)18(3,16)17/h12H,4-10H2,1-3H3,(H,13,15). The zero-order valence-electron chi connectivity index (χ0n) is 11.5. The number of sulfonamides is 1. The van der Waals surface area contributed by atoms with Crippen molar-refractivity contribution < 1.29 is 13.2 Å². The van der Waals surface area contributed by atoms with E-state index >= 15 is 0 Å². The summed E-state index contributed by atoms with van der Waals surface area (Å²) in [7, 11) is -3.12. The molecule has 0 aliphatic rings. The Bertz CT molecular complexity index is 330. The third-order valence-electron chi connectivity index (χ3n) is 2.51. The summed E-state index contributed by atoms with van der Waals surface area (Å²) in [5.41, 5.74) is 0. The largest absolute Gasteiger partial charge is 0.356 e. The summed E-state index contributed by atoms with van der Waals surface area (Å²) < 4.78 is 24.0. The van der Waals surface area contributed by atoms with E-state index in [1.807, 2.05) is 6.92 Å².